The average molecular weight is 528 g/mol. The lowest BCUT2D eigenvalue weighted by atomic mass is 9.89. The van der Waals surface area contributed by atoms with Crippen LogP contribution in [-0.2, 0) is 10.9 Å². The smallest absolute Gasteiger partial charge is 0.451 e. The van der Waals surface area contributed by atoms with E-state index in [1.165, 1.54) is 11.8 Å². The van der Waals surface area contributed by atoms with E-state index in [1.807, 2.05) is 6.26 Å². The van der Waals surface area contributed by atoms with Crippen LogP contribution < -0.4 is 4.74 Å². The Balaban J connectivity index is 1.77. The van der Waals surface area contributed by atoms with Gasteiger partial charge in [-0.1, -0.05) is 11.8 Å². The number of thioether (sulfide) groups is 1. The molecule has 9 nitrogen and oxygen atoms in total. The SMILES string of the molecule is CSc1nc(C)c(C(=O)COc2ccnc(C(F)(F)F)n2)c(C2CCN(C(=O)OC(C)(C)C)CC2)n1. The molecule has 0 spiro atoms. The summed E-state index contributed by atoms with van der Waals surface area (Å²) in [6.45, 7) is 7.41. The Kier molecular flexibility index (Phi) is 8.42. The van der Waals surface area contributed by atoms with Crippen LogP contribution in [0, 0.1) is 6.92 Å². The van der Waals surface area contributed by atoms with Crippen molar-refractivity contribution >= 4 is 23.6 Å². The Hall–Kier alpha value is -2.96. The first-order valence-corrected chi connectivity index (χ1v) is 12.5. The van der Waals surface area contributed by atoms with Crippen molar-refractivity contribution in [3.63, 3.8) is 0 Å². The summed E-state index contributed by atoms with van der Waals surface area (Å²) < 4.78 is 49.3. The Bertz CT molecular complexity index is 1120. The van der Waals surface area contributed by atoms with Gasteiger partial charge in [-0.15, -0.1) is 0 Å². The maximum Gasteiger partial charge on any atom is 0.451 e. The molecular weight excluding hydrogens is 499 g/mol. The fourth-order valence-electron chi connectivity index (χ4n) is 3.73. The van der Waals surface area contributed by atoms with E-state index < -0.39 is 36.1 Å². The highest BCUT2D eigenvalue weighted by Gasteiger charge is 2.35. The largest absolute Gasteiger partial charge is 0.469 e. The number of piperidine rings is 1. The zero-order chi connectivity index (χ0) is 26.7. The van der Waals surface area contributed by atoms with Crippen LogP contribution in [0.5, 0.6) is 5.88 Å². The quantitative estimate of drug-likeness (QED) is 0.300. The topological polar surface area (TPSA) is 107 Å². The molecule has 1 saturated heterocycles. The number of carbonyl (C=O) groups excluding carboxylic acids is 2. The fraction of sp³-hybridized carbons (Fsp3) is 0.565. The lowest BCUT2D eigenvalue weighted by molar-refractivity contribution is -0.145. The number of amides is 1. The van der Waals surface area contributed by atoms with Crippen LogP contribution in [0.4, 0.5) is 18.0 Å². The van der Waals surface area contributed by atoms with Crippen LogP contribution in [0.15, 0.2) is 17.4 Å². The van der Waals surface area contributed by atoms with Crippen molar-refractivity contribution in [3.05, 3.63) is 35.0 Å². The van der Waals surface area contributed by atoms with Crippen molar-refractivity contribution in [1.29, 1.82) is 0 Å². The van der Waals surface area contributed by atoms with Gasteiger partial charge in [-0.2, -0.15) is 18.2 Å². The van der Waals surface area contributed by atoms with Gasteiger partial charge in [0.05, 0.1) is 17.0 Å². The summed E-state index contributed by atoms with van der Waals surface area (Å²) in [5.41, 5.74) is 0.664. The molecule has 1 amide bonds. The highest BCUT2D eigenvalue weighted by Crippen LogP contribution is 2.32. The van der Waals surface area contributed by atoms with Crippen LogP contribution >= 0.6 is 11.8 Å². The third kappa shape index (κ3) is 7.05. The van der Waals surface area contributed by atoms with E-state index in [1.54, 1.807) is 32.6 Å². The summed E-state index contributed by atoms with van der Waals surface area (Å²) in [5.74, 6) is -2.31. The molecule has 0 radical (unpaired) electrons. The number of aryl methyl sites for hydroxylation is 1. The first kappa shape index (κ1) is 27.6. The second kappa shape index (κ2) is 11.0. The number of Topliss-reactive ketones (excluding diaryl/α,β-unsaturated/α-hetero) is 1. The summed E-state index contributed by atoms with van der Waals surface area (Å²) in [5, 5.41) is 0.500. The summed E-state index contributed by atoms with van der Waals surface area (Å²) >= 11 is 1.33. The third-order valence-corrected chi connectivity index (χ3v) is 5.87. The minimum atomic E-state index is -4.73. The van der Waals surface area contributed by atoms with Gasteiger partial charge in [-0.05, 0) is 46.8 Å². The van der Waals surface area contributed by atoms with E-state index in [0.29, 0.717) is 42.5 Å². The maximum absolute atomic E-state index is 13.2. The number of hydrogen-bond acceptors (Lipinski definition) is 9. The molecular formula is C23H28F3N5O4S. The van der Waals surface area contributed by atoms with Crippen molar-refractivity contribution < 1.29 is 32.2 Å². The zero-order valence-electron chi connectivity index (χ0n) is 20.7. The van der Waals surface area contributed by atoms with Gasteiger partial charge in [0.25, 0.3) is 0 Å². The normalized spacial score (nSPS) is 15.1. The minimum Gasteiger partial charge on any atom is -0.469 e. The molecule has 1 fully saturated rings. The highest BCUT2D eigenvalue weighted by molar-refractivity contribution is 7.98. The third-order valence-electron chi connectivity index (χ3n) is 5.33. The summed E-state index contributed by atoms with van der Waals surface area (Å²) in [6.07, 6.45) is -1.26. The van der Waals surface area contributed by atoms with Crippen LogP contribution in [0.2, 0.25) is 0 Å². The fourth-order valence-corrected chi connectivity index (χ4v) is 4.15. The molecule has 2 aromatic rings. The minimum absolute atomic E-state index is 0.119. The lowest BCUT2D eigenvalue weighted by Gasteiger charge is -2.33. The molecule has 36 heavy (non-hydrogen) atoms. The number of likely N-dealkylation sites (tertiary alicyclic amines) is 1. The van der Waals surface area contributed by atoms with E-state index in [0.717, 1.165) is 12.3 Å². The van der Waals surface area contributed by atoms with Crippen LogP contribution in [0.1, 0.15) is 67.1 Å². The van der Waals surface area contributed by atoms with Crippen LogP contribution in [0.3, 0.4) is 0 Å². The first-order chi connectivity index (χ1) is 16.8. The molecule has 1 aliphatic rings. The standard InChI is InChI=1S/C23H28F3N5O4S/c1-13-17(15(32)12-34-16-6-9-27-19(29-16)23(24,25)26)18(30-20(28-13)36-5)14-7-10-31(11-8-14)21(33)35-22(2,3)4/h6,9,14H,7-8,10-12H2,1-5H3. The predicted molar refractivity (Wildman–Crippen MR) is 125 cm³/mol. The van der Waals surface area contributed by atoms with Gasteiger partial charge in [0.2, 0.25) is 17.5 Å². The number of ether oxygens (including phenoxy) is 2. The Morgan fingerprint density at radius 3 is 2.39 bits per heavy atom. The number of hydrogen-bond donors (Lipinski definition) is 0. The molecule has 0 saturated carbocycles. The number of rotatable bonds is 6. The Morgan fingerprint density at radius 1 is 1.14 bits per heavy atom. The molecule has 0 aliphatic carbocycles. The number of halogens is 3. The van der Waals surface area contributed by atoms with Gasteiger partial charge >= 0.3 is 12.3 Å². The molecule has 2 aromatic heterocycles. The Labute approximate surface area is 211 Å². The predicted octanol–water partition coefficient (Wildman–Crippen LogP) is 4.69. The average Bonchev–Trinajstić information content (AvgIpc) is 2.80. The second-order valence-electron chi connectivity index (χ2n) is 9.23. The van der Waals surface area contributed by atoms with Crippen molar-refractivity contribution in [2.45, 2.75) is 63.4 Å². The number of aromatic nitrogens is 4. The van der Waals surface area contributed by atoms with Crippen molar-refractivity contribution in [3.8, 4) is 5.88 Å². The monoisotopic (exact) mass is 527 g/mol. The number of carbonyl (C=O) groups is 2. The summed E-state index contributed by atoms with van der Waals surface area (Å²) in [6, 6.07) is 1.15. The van der Waals surface area contributed by atoms with Gasteiger partial charge in [-0.25, -0.2) is 19.7 Å². The second-order valence-corrected chi connectivity index (χ2v) is 10.00. The van der Waals surface area contributed by atoms with Gasteiger partial charge in [0.15, 0.2) is 11.8 Å². The molecule has 0 aromatic carbocycles. The van der Waals surface area contributed by atoms with Gasteiger partial charge in [0.1, 0.15) is 5.60 Å². The zero-order valence-corrected chi connectivity index (χ0v) is 21.5. The first-order valence-electron chi connectivity index (χ1n) is 11.2. The van der Waals surface area contributed by atoms with E-state index in [9.17, 15) is 22.8 Å². The molecule has 3 heterocycles. The molecule has 196 valence electrons. The number of ketones is 1. The van der Waals surface area contributed by atoms with Gasteiger partial charge in [0, 0.05) is 31.3 Å². The van der Waals surface area contributed by atoms with E-state index >= 15 is 0 Å². The number of alkyl halides is 3. The van der Waals surface area contributed by atoms with Crippen LogP contribution in [0.25, 0.3) is 0 Å². The maximum atomic E-state index is 13.2. The molecule has 1 aliphatic heterocycles. The molecule has 0 bridgehead atoms. The number of nitrogens with zero attached hydrogens (tertiary/aromatic N) is 5. The van der Waals surface area contributed by atoms with E-state index in [2.05, 4.69) is 19.9 Å². The van der Waals surface area contributed by atoms with E-state index in [4.69, 9.17) is 9.47 Å². The van der Waals surface area contributed by atoms with Crippen molar-refractivity contribution in [2.24, 2.45) is 0 Å². The van der Waals surface area contributed by atoms with Gasteiger partial charge in [-0.3, -0.25) is 4.79 Å². The highest BCUT2D eigenvalue weighted by atomic mass is 32.2. The molecule has 13 heteroatoms. The molecule has 0 atom stereocenters. The van der Waals surface area contributed by atoms with Crippen molar-refractivity contribution in [1.82, 2.24) is 24.8 Å². The molecule has 0 N–H and O–H groups in total. The Morgan fingerprint density at radius 2 is 1.81 bits per heavy atom. The molecule has 3 rings (SSSR count). The van der Waals surface area contributed by atoms with Crippen molar-refractivity contribution in [2.75, 3.05) is 26.0 Å². The lowest BCUT2D eigenvalue weighted by Crippen LogP contribution is -2.41. The summed E-state index contributed by atoms with van der Waals surface area (Å²) in [7, 11) is 0. The molecule has 0 unspecified atom stereocenters. The van der Waals surface area contributed by atoms with E-state index in [-0.39, 0.29) is 17.4 Å². The summed E-state index contributed by atoms with van der Waals surface area (Å²) in [4.78, 5) is 42.7. The van der Waals surface area contributed by atoms with Crippen LogP contribution in [-0.4, -0.2) is 68.3 Å². The van der Waals surface area contributed by atoms with Gasteiger partial charge < -0.3 is 14.4 Å².